The molecule has 0 unspecified atom stereocenters. The Balaban J connectivity index is 1.84. The number of nitrogens with one attached hydrogen (secondary N) is 1. The zero-order chi connectivity index (χ0) is 17.5. The van der Waals surface area contributed by atoms with E-state index >= 15 is 0 Å². The summed E-state index contributed by atoms with van der Waals surface area (Å²) in [5.41, 5.74) is 0.613. The predicted octanol–water partition coefficient (Wildman–Crippen LogP) is 2.54. The van der Waals surface area contributed by atoms with E-state index in [4.69, 9.17) is 4.74 Å². The lowest BCUT2D eigenvalue weighted by Crippen LogP contribution is -2.26. The van der Waals surface area contributed by atoms with E-state index in [1.54, 1.807) is 43.1 Å². The van der Waals surface area contributed by atoms with Crippen molar-refractivity contribution in [3.8, 4) is 5.75 Å². The average Bonchev–Trinajstić information content (AvgIpc) is 2.93. The largest absolute Gasteiger partial charge is 0.497 e. The van der Waals surface area contributed by atoms with Crippen molar-refractivity contribution < 1.29 is 9.53 Å². The Hall–Kier alpha value is -2.02. The number of aromatic nitrogens is 3. The molecule has 0 aliphatic heterocycles. The molecule has 1 amide bonds. The first-order chi connectivity index (χ1) is 11.5. The molecule has 0 saturated carbocycles. The van der Waals surface area contributed by atoms with Crippen LogP contribution in [0.15, 0.2) is 29.4 Å². The highest BCUT2D eigenvalue weighted by molar-refractivity contribution is 7.99. The number of nitrogens with zero attached hydrogens (tertiary/aromatic N) is 3. The lowest BCUT2D eigenvalue weighted by Gasteiger charge is -2.07. The van der Waals surface area contributed by atoms with Gasteiger partial charge in [-0.2, -0.15) is 0 Å². The molecule has 0 fully saturated rings. The van der Waals surface area contributed by atoms with Crippen molar-refractivity contribution >= 4 is 17.7 Å². The van der Waals surface area contributed by atoms with Gasteiger partial charge in [-0.05, 0) is 30.2 Å². The Labute approximate surface area is 147 Å². The second-order valence-electron chi connectivity index (χ2n) is 5.90. The van der Waals surface area contributed by atoms with Crippen molar-refractivity contribution in [1.29, 1.82) is 0 Å². The standard InChI is InChI=1S/C17H24N4O2S/c1-12(2)11-24-17-20-19-15(21(17)3)9-10-18-16(22)13-5-7-14(23-4)8-6-13/h5-8,12H,9-11H2,1-4H3,(H,18,22). The van der Waals surface area contributed by atoms with Gasteiger partial charge >= 0.3 is 0 Å². The van der Waals surface area contributed by atoms with Gasteiger partial charge in [0, 0.05) is 31.3 Å². The second-order valence-corrected chi connectivity index (χ2v) is 6.88. The minimum atomic E-state index is -0.103. The van der Waals surface area contributed by atoms with Crippen LogP contribution in [-0.2, 0) is 13.5 Å². The molecule has 0 aliphatic carbocycles. The molecular formula is C17H24N4O2S. The number of amides is 1. The summed E-state index contributed by atoms with van der Waals surface area (Å²) in [5.74, 6) is 3.13. The van der Waals surface area contributed by atoms with Crippen molar-refractivity contribution in [2.45, 2.75) is 25.4 Å². The van der Waals surface area contributed by atoms with Crippen molar-refractivity contribution in [3.63, 3.8) is 0 Å². The monoisotopic (exact) mass is 348 g/mol. The number of methoxy groups -OCH3 is 1. The van der Waals surface area contributed by atoms with E-state index in [2.05, 4.69) is 29.4 Å². The molecule has 24 heavy (non-hydrogen) atoms. The maximum Gasteiger partial charge on any atom is 0.251 e. The summed E-state index contributed by atoms with van der Waals surface area (Å²) >= 11 is 1.71. The first-order valence-electron chi connectivity index (χ1n) is 7.94. The molecule has 6 nitrogen and oxygen atoms in total. The molecule has 130 valence electrons. The summed E-state index contributed by atoms with van der Waals surface area (Å²) in [6.07, 6.45) is 0.646. The highest BCUT2D eigenvalue weighted by atomic mass is 32.2. The van der Waals surface area contributed by atoms with Crippen molar-refractivity contribution in [2.75, 3.05) is 19.4 Å². The van der Waals surface area contributed by atoms with Gasteiger partial charge in [-0.15, -0.1) is 10.2 Å². The molecule has 1 aromatic heterocycles. The molecule has 0 spiro atoms. The maximum atomic E-state index is 12.1. The van der Waals surface area contributed by atoms with Gasteiger partial charge in [0.2, 0.25) is 0 Å². The third-order valence-corrected chi connectivity index (χ3v) is 4.90. The summed E-state index contributed by atoms with van der Waals surface area (Å²) in [7, 11) is 3.56. The Morgan fingerprint density at radius 2 is 2.00 bits per heavy atom. The smallest absolute Gasteiger partial charge is 0.251 e. The molecule has 0 saturated heterocycles. The number of rotatable bonds is 8. The van der Waals surface area contributed by atoms with Gasteiger partial charge in [0.25, 0.3) is 5.91 Å². The zero-order valence-corrected chi connectivity index (χ0v) is 15.4. The van der Waals surface area contributed by atoms with Crippen LogP contribution < -0.4 is 10.1 Å². The third kappa shape index (κ3) is 4.99. The van der Waals surface area contributed by atoms with E-state index < -0.39 is 0 Å². The summed E-state index contributed by atoms with van der Waals surface area (Å²) in [5, 5.41) is 12.2. The van der Waals surface area contributed by atoms with Gasteiger partial charge in [0.15, 0.2) is 5.16 Å². The summed E-state index contributed by atoms with van der Waals surface area (Å²) in [6, 6.07) is 7.04. The number of thioether (sulfide) groups is 1. The predicted molar refractivity (Wildman–Crippen MR) is 95.6 cm³/mol. The molecule has 7 heteroatoms. The van der Waals surface area contributed by atoms with Gasteiger partial charge in [-0.3, -0.25) is 4.79 Å². The van der Waals surface area contributed by atoms with Crippen LogP contribution in [0.25, 0.3) is 0 Å². The molecule has 0 bridgehead atoms. The van der Waals surface area contributed by atoms with Gasteiger partial charge < -0.3 is 14.6 Å². The highest BCUT2D eigenvalue weighted by Crippen LogP contribution is 2.18. The van der Waals surface area contributed by atoms with Gasteiger partial charge in [0.05, 0.1) is 7.11 Å². The van der Waals surface area contributed by atoms with E-state index in [9.17, 15) is 4.79 Å². The quantitative estimate of drug-likeness (QED) is 0.743. The normalized spacial score (nSPS) is 10.9. The number of hydrogen-bond donors (Lipinski definition) is 1. The Morgan fingerprint density at radius 3 is 2.62 bits per heavy atom. The molecule has 1 heterocycles. The third-order valence-electron chi connectivity index (χ3n) is 3.46. The molecule has 1 N–H and O–H groups in total. The topological polar surface area (TPSA) is 69.0 Å². The second kappa shape index (κ2) is 8.73. The number of hydrogen-bond acceptors (Lipinski definition) is 5. The minimum absolute atomic E-state index is 0.103. The van der Waals surface area contributed by atoms with Crippen LogP contribution in [0.2, 0.25) is 0 Å². The fourth-order valence-corrected chi connectivity index (χ4v) is 2.94. The summed E-state index contributed by atoms with van der Waals surface area (Å²) in [6.45, 7) is 4.88. The minimum Gasteiger partial charge on any atom is -0.497 e. The van der Waals surface area contributed by atoms with E-state index in [1.807, 2.05) is 11.6 Å². The van der Waals surface area contributed by atoms with Crippen molar-refractivity contribution in [3.05, 3.63) is 35.7 Å². The number of ether oxygens (including phenoxy) is 1. The highest BCUT2D eigenvalue weighted by Gasteiger charge is 2.11. The number of carbonyl (C=O) groups excluding carboxylic acids is 1. The lowest BCUT2D eigenvalue weighted by atomic mass is 10.2. The molecule has 0 atom stereocenters. The van der Waals surface area contributed by atoms with Gasteiger partial charge in [0.1, 0.15) is 11.6 Å². The van der Waals surface area contributed by atoms with E-state index in [0.29, 0.717) is 24.4 Å². The Kier molecular flexibility index (Phi) is 6.66. The van der Waals surface area contributed by atoms with Crippen LogP contribution in [0.3, 0.4) is 0 Å². The maximum absolute atomic E-state index is 12.1. The van der Waals surface area contributed by atoms with E-state index in [1.165, 1.54) is 0 Å². The summed E-state index contributed by atoms with van der Waals surface area (Å²) in [4.78, 5) is 12.1. The van der Waals surface area contributed by atoms with Crippen LogP contribution in [0.5, 0.6) is 5.75 Å². The first kappa shape index (κ1) is 18.3. The van der Waals surface area contributed by atoms with Crippen LogP contribution >= 0.6 is 11.8 Å². The van der Waals surface area contributed by atoms with Crippen LogP contribution in [0.4, 0.5) is 0 Å². The fourth-order valence-electron chi connectivity index (χ4n) is 2.06. The molecule has 0 radical (unpaired) electrons. The van der Waals surface area contributed by atoms with Crippen molar-refractivity contribution in [2.24, 2.45) is 13.0 Å². The Bertz CT molecular complexity index is 668. The van der Waals surface area contributed by atoms with E-state index in [0.717, 1.165) is 22.5 Å². The van der Waals surface area contributed by atoms with Crippen LogP contribution in [0.1, 0.15) is 30.0 Å². The van der Waals surface area contributed by atoms with Gasteiger partial charge in [-0.25, -0.2) is 0 Å². The molecule has 2 aromatic rings. The van der Waals surface area contributed by atoms with Crippen LogP contribution in [-0.4, -0.2) is 40.1 Å². The zero-order valence-electron chi connectivity index (χ0n) is 14.6. The molecule has 0 aliphatic rings. The average molecular weight is 348 g/mol. The SMILES string of the molecule is COc1ccc(C(=O)NCCc2nnc(SCC(C)C)n2C)cc1. The summed E-state index contributed by atoms with van der Waals surface area (Å²) < 4.78 is 7.08. The molecule has 1 aromatic carbocycles. The van der Waals surface area contributed by atoms with Crippen molar-refractivity contribution in [1.82, 2.24) is 20.1 Å². The van der Waals surface area contributed by atoms with E-state index in [-0.39, 0.29) is 5.91 Å². The van der Waals surface area contributed by atoms with Gasteiger partial charge in [-0.1, -0.05) is 25.6 Å². The van der Waals surface area contributed by atoms with Crippen LogP contribution in [0, 0.1) is 5.92 Å². The first-order valence-corrected chi connectivity index (χ1v) is 8.93. The lowest BCUT2D eigenvalue weighted by molar-refractivity contribution is 0.0954. The fraction of sp³-hybridized carbons (Fsp3) is 0.471. The number of benzene rings is 1. The Morgan fingerprint density at radius 1 is 1.29 bits per heavy atom. The molecule has 2 rings (SSSR count). The number of carbonyl (C=O) groups is 1. The molecular weight excluding hydrogens is 324 g/mol.